The average Bonchev–Trinajstić information content (AvgIpc) is 2.44. The highest BCUT2D eigenvalue weighted by Crippen LogP contribution is 2.19. The smallest absolute Gasteiger partial charge is 0.159 e. The lowest BCUT2D eigenvalue weighted by Gasteiger charge is -2.06. The minimum absolute atomic E-state index is 0.560. The standard InChI is InChI=1S/C17H19BrN2OS/c1-12-9-13(2)11-15(10-12)20-17(19)22-8-7-21-16-5-3-14(18)4-6-16/h3-6,9-11H,7-8H2,1-2H3,(H2,19,20). The van der Waals surface area contributed by atoms with Crippen molar-refractivity contribution in [2.75, 3.05) is 12.4 Å². The lowest BCUT2D eigenvalue weighted by molar-refractivity contribution is 0.344. The van der Waals surface area contributed by atoms with Crippen LogP contribution in [-0.4, -0.2) is 17.5 Å². The molecule has 3 nitrogen and oxygen atoms in total. The summed E-state index contributed by atoms with van der Waals surface area (Å²) in [6, 6.07) is 14.0. The largest absolute Gasteiger partial charge is 0.493 e. The first kappa shape index (κ1) is 16.9. The summed E-state index contributed by atoms with van der Waals surface area (Å²) in [5.74, 6) is 1.62. The van der Waals surface area contributed by atoms with E-state index in [1.54, 1.807) is 0 Å². The Morgan fingerprint density at radius 2 is 1.77 bits per heavy atom. The third-order valence-corrected chi connectivity index (χ3v) is 4.15. The molecule has 2 N–H and O–H groups in total. The molecule has 2 aromatic rings. The van der Waals surface area contributed by atoms with E-state index in [9.17, 15) is 0 Å². The van der Waals surface area contributed by atoms with Crippen molar-refractivity contribution in [3.63, 3.8) is 0 Å². The quantitative estimate of drug-likeness (QED) is 0.460. The van der Waals surface area contributed by atoms with Gasteiger partial charge in [0.15, 0.2) is 5.17 Å². The van der Waals surface area contributed by atoms with Gasteiger partial charge in [0.1, 0.15) is 5.75 Å². The zero-order chi connectivity index (χ0) is 15.9. The molecule has 0 bridgehead atoms. The van der Waals surface area contributed by atoms with E-state index in [1.165, 1.54) is 22.9 Å². The Labute approximate surface area is 144 Å². The number of thioether (sulfide) groups is 1. The van der Waals surface area contributed by atoms with E-state index in [-0.39, 0.29) is 0 Å². The van der Waals surface area contributed by atoms with E-state index < -0.39 is 0 Å². The second-order valence-electron chi connectivity index (χ2n) is 4.95. The van der Waals surface area contributed by atoms with Gasteiger partial charge in [-0.3, -0.25) is 0 Å². The number of amidine groups is 1. The Morgan fingerprint density at radius 3 is 2.41 bits per heavy atom. The maximum absolute atomic E-state index is 5.96. The van der Waals surface area contributed by atoms with Crippen LogP contribution in [0.1, 0.15) is 11.1 Å². The predicted octanol–water partition coefficient (Wildman–Crippen LogP) is 4.82. The Morgan fingerprint density at radius 1 is 1.14 bits per heavy atom. The molecule has 0 unspecified atom stereocenters. The molecule has 0 saturated heterocycles. The number of nitrogens with two attached hydrogens (primary N) is 1. The molecule has 0 aliphatic rings. The van der Waals surface area contributed by atoms with Crippen molar-refractivity contribution < 1.29 is 4.74 Å². The topological polar surface area (TPSA) is 47.6 Å². The molecule has 0 aliphatic carbocycles. The normalized spacial score (nSPS) is 11.5. The molecule has 0 radical (unpaired) electrons. The zero-order valence-electron chi connectivity index (χ0n) is 12.7. The SMILES string of the molecule is Cc1cc(C)cc(N=C(N)SCCOc2ccc(Br)cc2)c1. The number of rotatable bonds is 5. The molecule has 0 heterocycles. The molecule has 2 rings (SSSR count). The van der Waals surface area contributed by atoms with E-state index >= 15 is 0 Å². The van der Waals surface area contributed by atoms with Gasteiger partial charge in [0.2, 0.25) is 0 Å². The second-order valence-corrected chi connectivity index (χ2v) is 6.98. The summed E-state index contributed by atoms with van der Waals surface area (Å²) in [6.45, 7) is 4.71. The summed E-state index contributed by atoms with van der Waals surface area (Å²) in [5.41, 5.74) is 9.24. The molecule has 0 aliphatic heterocycles. The summed E-state index contributed by atoms with van der Waals surface area (Å²) in [7, 11) is 0. The van der Waals surface area contributed by atoms with Crippen molar-refractivity contribution in [1.82, 2.24) is 0 Å². The van der Waals surface area contributed by atoms with Crippen LogP contribution in [0.5, 0.6) is 5.75 Å². The van der Waals surface area contributed by atoms with Crippen LogP contribution >= 0.6 is 27.7 Å². The molecule has 5 heteroatoms. The van der Waals surface area contributed by atoms with Crippen LogP contribution in [-0.2, 0) is 0 Å². The first-order valence-electron chi connectivity index (χ1n) is 6.96. The van der Waals surface area contributed by atoms with Crippen LogP contribution in [0.15, 0.2) is 51.9 Å². The minimum Gasteiger partial charge on any atom is -0.493 e. The Balaban J connectivity index is 1.80. The van der Waals surface area contributed by atoms with Gasteiger partial charge in [0, 0.05) is 10.2 Å². The molecule has 0 spiro atoms. The van der Waals surface area contributed by atoms with Gasteiger partial charge in [-0.1, -0.05) is 33.8 Å². The molecule has 0 amide bonds. The van der Waals surface area contributed by atoms with Gasteiger partial charge in [-0.05, 0) is 61.4 Å². The molecule has 116 valence electrons. The van der Waals surface area contributed by atoms with Crippen LogP contribution in [0.4, 0.5) is 5.69 Å². The number of halogens is 1. The van der Waals surface area contributed by atoms with Crippen molar-refractivity contribution >= 4 is 38.5 Å². The number of aryl methyl sites for hydroxylation is 2. The molecule has 0 saturated carbocycles. The monoisotopic (exact) mass is 378 g/mol. The number of ether oxygens (including phenoxy) is 1. The van der Waals surface area contributed by atoms with Crippen molar-refractivity contribution in [3.8, 4) is 5.75 Å². The van der Waals surface area contributed by atoms with Gasteiger partial charge in [0.05, 0.1) is 12.3 Å². The maximum atomic E-state index is 5.96. The molecule has 0 atom stereocenters. The number of hydrogen-bond donors (Lipinski definition) is 1. The molecule has 0 aromatic heterocycles. The van der Waals surface area contributed by atoms with Gasteiger partial charge in [-0.15, -0.1) is 0 Å². The van der Waals surface area contributed by atoms with Crippen molar-refractivity contribution in [3.05, 3.63) is 58.1 Å². The van der Waals surface area contributed by atoms with Gasteiger partial charge in [-0.25, -0.2) is 4.99 Å². The van der Waals surface area contributed by atoms with E-state index in [0.29, 0.717) is 11.8 Å². The fourth-order valence-corrected chi connectivity index (χ4v) is 2.82. The van der Waals surface area contributed by atoms with Crippen LogP contribution in [0.2, 0.25) is 0 Å². The Bertz CT molecular complexity index is 636. The van der Waals surface area contributed by atoms with Crippen LogP contribution in [0, 0.1) is 13.8 Å². The second kappa shape index (κ2) is 8.25. The zero-order valence-corrected chi connectivity index (χ0v) is 15.1. The number of nitrogens with zero attached hydrogens (tertiary/aromatic N) is 1. The first-order chi connectivity index (χ1) is 10.5. The lowest BCUT2D eigenvalue weighted by Crippen LogP contribution is -2.10. The van der Waals surface area contributed by atoms with Gasteiger partial charge in [0.25, 0.3) is 0 Å². The Hall–Kier alpha value is -1.46. The van der Waals surface area contributed by atoms with Crippen LogP contribution in [0.25, 0.3) is 0 Å². The number of hydrogen-bond acceptors (Lipinski definition) is 3. The fourth-order valence-electron chi connectivity index (χ4n) is 2.01. The highest BCUT2D eigenvalue weighted by atomic mass is 79.9. The van der Waals surface area contributed by atoms with E-state index in [1.807, 2.05) is 36.4 Å². The van der Waals surface area contributed by atoms with E-state index in [2.05, 4.69) is 40.8 Å². The number of benzene rings is 2. The van der Waals surface area contributed by atoms with Gasteiger partial charge in [-0.2, -0.15) is 0 Å². The van der Waals surface area contributed by atoms with Gasteiger partial charge < -0.3 is 10.5 Å². The molecule has 22 heavy (non-hydrogen) atoms. The first-order valence-corrected chi connectivity index (χ1v) is 8.74. The highest BCUT2D eigenvalue weighted by Gasteiger charge is 1.99. The van der Waals surface area contributed by atoms with Gasteiger partial charge >= 0.3 is 0 Å². The molecular formula is C17H19BrN2OS. The van der Waals surface area contributed by atoms with Crippen LogP contribution < -0.4 is 10.5 Å². The number of aliphatic imine (C=N–C) groups is 1. The summed E-state index contributed by atoms with van der Waals surface area (Å²) in [4.78, 5) is 4.43. The minimum atomic E-state index is 0.560. The summed E-state index contributed by atoms with van der Waals surface area (Å²) in [6.07, 6.45) is 0. The van der Waals surface area contributed by atoms with E-state index in [0.717, 1.165) is 21.7 Å². The summed E-state index contributed by atoms with van der Waals surface area (Å²) >= 11 is 4.89. The van der Waals surface area contributed by atoms with E-state index in [4.69, 9.17) is 10.5 Å². The lowest BCUT2D eigenvalue weighted by atomic mass is 10.1. The summed E-state index contributed by atoms with van der Waals surface area (Å²) < 4.78 is 6.69. The predicted molar refractivity (Wildman–Crippen MR) is 99.3 cm³/mol. The van der Waals surface area contributed by atoms with Crippen molar-refractivity contribution in [1.29, 1.82) is 0 Å². The van der Waals surface area contributed by atoms with Crippen LogP contribution in [0.3, 0.4) is 0 Å². The highest BCUT2D eigenvalue weighted by molar-refractivity contribution is 9.10. The Kier molecular flexibility index (Phi) is 6.34. The van der Waals surface area contributed by atoms with Crippen molar-refractivity contribution in [2.24, 2.45) is 10.7 Å². The molecular weight excluding hydrogens is 360 g/mol. The summed E-state index contributed by atoms with van der Waals surface area (Å²) in [5, 5.41) is 0.560. The fraction of sp³-hybridized carbons (Fsp3) is 0.235. The maximum Gasteiger partial charge on any atom is 0.159 e. The molecule has 0 fully saturated rings. The third-order valence-electron chi connectivity index (χ3n) is 2.86. The molecule has 2 aromatic carbocycles. The third kappa shape index (κ3) is 5.73. The van der Waals surface area contributed by atoms with Crippen molar-refractivity contribution in [2.45, 2.75) is 13.8 Å². The average molecular weight is 379 g/mol.